The van der Waals surface area contributed by atoms with Crippen molar-refractivity contribution in [2.24, 2.45) is 0 Å². The Hall–Kier alpha value is -0.851. The molecule has 0 spiro atoms. The Bertz CT molecular complexity index is 378. The van der Waals surface area contributed by atoms with Gasteiger partial charge in [0, 0.05) is 0 Å². The normalized spacial score (nSPS) is 10.2. The molecule has 0 aliphatic heterocycles. The molecule has 0 N–H and O–H groups in total. The molecule has 0 unspecified atom stereocenters. The third-order valence-corrected chi connectivity index (χ3v) is 3.91. The molecule has 0 radical (unpaired) electrons. The van der Waals surface area contributed by atoms with Crippen molar-refractivity contribution in [2.45, 2.75) is 13.3 Å². The molecule has 2 aromatic rings. The Kier molecular flexibility index (Phi) is 2.62. The Morgan fingerprint density at radius 1 is 1.23 bits per heavy atom. The van der Waals surface area contributed by atoms with Crippen LogP contribution in [-0.2, 0) is 6.42 Å². The summed E-state index contributed by atoms with van der Waals surface area (Å²) in [6.07, 6.45) is 1.05. The van der Waals surface area contributed by atoms with Crippen molar-refractivity contribution in [1.29, 1.82) is 0 Å². The maximum atomic E-state index is 4.58. The van der Waals surface area contributed by atoms with Gasteiger partial charge in [0.25, 0.3) is 0 Å². The minimum atomic E-state index is 0.451. The summed E-state index contributed by atoms with van der Waals surface area (Å²) in [5.74, 6) is 0. The van der Waals surface area contributed by atoms with Crippen LogP contribution in [0.3, 0.4) is 0 Å². The first-order valence-corrected chi connectivity index (χ1v) is 6.24. The average Bonchev–Trinajstić information content (AvgIpc) is 2.67. The van der Waals surface area contributed by atoms with Gasteiger partial charge in [-0.1, -0.05) is 0 Å². The predicted octanol–water partition coefficient (Wildman–Crippen LogP) is 2.37. The summed E-state index contributed by atoms with van der Waals surface area (Å²) in [4.78, 5) is 6.86. The van der Waals surface area contributed by atoms with Crippen LogP contribution in [0.1, 0.15) is 12.6 Å². The van der Waals surface area contributed by atoms with Gasteiger partial charge in [0.05, 0.1) is 0 Å². The van der Waals surface area contributed by atoms with E-state index < -0.39 is 0 Å². The van der Waals surface area contributed by atoms with Crippen LogP contribution >= 0.6 is 0 Å². The molecular formula is C11H11NSe. The molecule has 1 nitrogen and oxygen atoms in total. The minimum absolute atomic E-state index is 0.451. The maximum absolute atomic E-state index is 4.58. The van der Waals surface area contributed by atoms with Crippen LogP contribution in [0, 0.1) is 0 Å². The first-order valence-electron chi connectivity index (χ1n) is 4.40. The summed E-state index contributed by atoms with van der Waals surface area (Å²) < 4.78 is 1.27. The molecule has 66 valence electrons. The monoisotopic (exact) mass is 237 g/mol. The van der Waals surface area contributed by atoms with Gasteiger partial charge in [0.1, 0.15) is 0 Å². The molecule has 2 rings (SSSR count). The predicted molar refractivity (Wildman–Crippen MR) is 56.0 cm³/mol. The number of aromatic nitrogens is 1. The Morgan fingerprint density at radius 2 is 2.00 bits per heavy atom. The van der Waals surface area contributed by atoms with Crippen LogP contribution in [-0.4, -0.2) is 19.5 Å². The van der Waals surface area contributed by atoms with Gasteiger partial charge in [0.15, 0.2) is 0 Å². The van der Waals surface area contributed by atoms with Crippen molar-refractivity contribution < 1.29 is 0 Å². The summed E-state index contributed by atoms with van der Waals surface area (Å²) in [6, 6.07) is 10.4. The number of hydrogen-bond donors (Lipinski definition) is 0. The van der Waals surface area contributed by atoms with E-state index in [4.69, 9.17) is 0 Å². The SMILES string of the molecule is CCc1c[se]c(-c2ccccc2)n1. The quantitative estimate of drug-likeness (QED) is 0.729. The van der Waals surface area contributed by atoms with Gasteiger partial charge in [0.2, 0.25) is 0 Å². The summed E-state index contributed by atoms with van der Waals surface area (Å²) in [6.45, 7) is 2.15. The molecule has 1 heterocycles. The zero-order chi connectivity index (χ0) is 9.10. The van der Waals surface area contributed by atoms with Crippen molar-refractivity contribution in [2.75, 3.05) is 0 Å². The Morgan fingerprint density at radius 3 is 2.62 bits per heavy atom. The molecule has 0 aliphatic carbocycles. The number of nitrogens with zero attached hydrogens (tertiary/aromatic N) is 1. The van der Waals surface area contributed by atoms with Gasteiger partial charge < -0.3 is 0 Å². The molecule has 0 atom stereocenters. The van der Waals surface area contributed by atoms with Crippen LogP contribution in [0.2, 0.25) is 0 Å². The van der Waals surface area contributed by atoms with Gasteiger partial charge in [-0.3, -0.25) is 0 Å². The van der Waals surface area contributed by atoms with Crippen molar-refractivity contribution in [3.8, 4) is 10.1 Å². The molecule has 0 aliphatic rings. The van der Waals surface area contributed by atoms with Gasteiger partial charge in [-0.25, -0.2) is 0 Å². The molecule has 0 bridgehead atoms. The zero-order valence-electron chi connectivity index (χ0n) is 7.53. The van der Waals surface area contributed by atoms with E-state index in [0.717, 1.165) is 6.42 Å². The number of rotatable bonds is 2. The fourth-order valence-corrected chi connectivity index (χ4v) is 3.09. The third kappa shape index (κ3) is 1.90. The van der Waals surface area contributed by atoms with Crippen LogP contribution in [0.5, 0.6) is 0 Å². The Labute approximate surface area is 84.2 Å². The van der Waals surface area contributed by atoms with E-state index in [1.807, 2.05) is 6.07 Å². The second-order valence-electron chi connectivity index (χ2n) is 2.86. The van der Waals surface area contributed by atoms with Crippen molar-refractivity contribution >= 4 is 14.5 Å². The van der Waals surface area contributed by atoms with Crippen LogP contribution < -0.4 is 0 Å². The van der Waals surface area contributed by atoms with Crippen molar-refractivity contribution in [3.63, 3.8) is 0 Å². The number of benzene rings is 1. The number of aryl methyl sites for hydroxylation is 1. The second-order valence-corrected chi connectivity index (χ2v) is 4.66. The zero-order valence-corrected chi connectivity index (χ0v) is 9.24. The molecule has 2 heteroatoms. The first-order chi connectivity index (χ1) is 6.40. The molecule has 1 aromatic carbocycles. The summed E-state index contributed by atoms with van der Waals surface area (Å²) in [5.41, 5.74) is 2.53. The van der Waals surface area contributed by atoms with E-state index in [1.54, 1.807) is 0 Å². The van der Waals surface area contributed by atoms with E-state index in [2.05, 4.69) is 41.1 Å². The summed E-state index contributed by atoms with van der Waals surface area (Å²) >= 11 is 0.451. The second kappa shape index (κ2) is 3.91. The fraction of sp³-hybridized carbons (Fsp3) is 0.182. The van der Waals surface area contributed by atoms with Crippen LogP contribution in [0.4, 0.5) is 0 Å². The van der Waals surface area contributed by atoms with E-state index in [9.17, 15) is 0 Å². The third-order valence-electron chi connectivity index (χ3n) is 1.93. The molecule has 13 heavy (non-hydrogen) atoms. The van der Waals surface area contributed by atoms with Gasteiger partial charge >= 0.3 is 83.9 Å². The summed E-state index contributed by atoms with van der Waals surface area (Å²) in [5, 5.41) is 0. The molecule has 0 saturated heterocycles. The van der Waals surface area contributed by atoms with E-state index in [1.165, 1.54) is 15.8 Å². The molecular weight excluding hydrogens is 225 g/mol. The van der Waals surface area contributed by atoms with E-state index in [0.29, 0.717) is 14.5 Å². The average molecular weight is 236 g/mol. The molecule has 0 saturated carbocycles. The number of hydrogen-bond acceptors (Lipinski definition) is 1. The first kappa shape index (κ1) is 8.73. The van der Waals surface area contributed by atoms with Gasteiger partial charge in [-0.15, -0.1) is 0 Å². The van der Waals surface area contributed by atoms with E-state index in [-0.39, 0.29) is 0 Å². The van der Waals surface area contributed by atoms with E-state index >= 15 is 0 Å². The molecule has 0 amide bonds. The fourth-order valence-electron chi connectivity index (χ4n) is 1.18. The van der Waals surface area contributed by atoms with Crippen LogP contribution in [0.15, 0.2) is 35.3 Å². The standard InChI is InChI=1S/C11H11NSe/c1-2-10-8-13-11(12-10)9-6-4-3-5-7-9/h3-8H,2H2,1H3. The van der Waals surface area contributed by atoms with Gasteiger partial charge in [-0.2, -0.15) is 0 Å². The molecule has 1 aromatic heterocycles. The van der Waals surface area contributed by atoms with Crippen molar-refractivity contribution in [3.05, 3.63) is 41.0 Å². The van der Waals surface area contributed by atoms with Gasteiger partial charge in [-0.05, 0) is 0 Å². The summed E-state index contributed by atoms with van der Waals surface area (Å²) in [7, 11) is 0. The Balaban J connectivity index is 2.36. The molecule has 0 fully saturated rings. The van der Waals surface area contributed by atoms with Crippen molar-refractivity contribution in [1.82, 2.24) is 4.98 Å². The topological polar surface area (TPSA) is 12.9 Å². The van der Waals surface area contributed by atoms with Crippen LogP contribution in [0.25, 0.3) is 10.1 Å².